The van der Waals surface area contributed by atoms with Gasteiger partial charge >= 0.3 is 12.2 Å². The largest absolute Gasteiger partial charge is 0.465 e. The van der Waals surface area contributed by atoms with Gasteiger partial charge in [-0.3, -0.25) is 4.79 Å². The Kier molecular flexibility index (Phi) is 3.89. The topological polar surface area (TPSA) is 87.2 Å². The third kappa shape index (κ3) is 2.62. The fourth-order valence-electron chi connectivity index (χ4n) is 4.32. The van der Waals surface area contributed by atoms with Crippen LogP contribution in [-0.4, -0.2) is 52.1 Å². The first-order valence-corrected chi connectivity index (χ1v) is 8.99. The normalized spacial score (nSPS) is 29.6. The van der Waals surface area contributed by atoms with Crippen molar-refractivity contribution in [2.24, 2.45) is 11.3 Å². The van der Waals surface area contributed by atoms with E-state index < -0.39 is 30.3 Å². The van der Waals surface area contributed by atoms with Gasteiger partial charge in [0.05, 0.1) is 12.0 Å². The van der Waals surface area contributed by atoms with Crippen LogP contribution in [0.25, 0.3) is 0 Å². The standard InChI is InChI=1S/C19H22N2O5/c1-12-15(13-5-3-2-4-6-13)26-18(25)21(12)16(22)14-11-20(17(23)24)10-9-19(14)7-8-19/h2-6,12,14-15H,7-11H2,1H3,(H,23,24)/t12-,14?,15-/m1/s1. The zero-order chi connectivity index (χ0) is 18.5. The highest BCUT2D eigenvalue weighted by Crippen LogP contribution is 2.57. The summed E-state index contributed by atoms with van der Waals surface area (Å²) in [6, 6.07) is 8.94. The molecule has 2 aliphatic heterocycles. The van der Waals surface area contributed by atoms with Gasteiger partial charge in [-0.1, -0.05) is 30.3 Å². The molecule has 0 aromatic heterocycles. The molecule has 4 rings (SSSR count). The van der Waals surface area contributed by atoms with E-state index in [1.807, 2.05) is 30.3 Å². The quantitative estimate of drug-likeness (QED) is 0.878. The van der Waals surface area contributed by atoms with E-state index in [4.69, 9.17) is 4.74 Å². The number of benzene rings is 1. The predicted molar refractivity (Wildman–Crippen MR) is 91.3 cm³/mol. The van der Waals surface area contributed by atoms with Crippen LogP contribution in [0.3, 0.4) is 0 Å². The number of carbonyl (C=O) groups excluding carboxylic acids is 2. The minimum atomic E-state index is -1.02. The van der Waals surface area contributed by atoms with Crippen LogP contribution in [0.2, 0.25) is 0 Å². The number of amides is 3. The highest BCUT2D eigenvalue weighted by atomic mass is 16.6. The Hall–Kier alpha value is -2.57. The fraction of sp³-hybridized carbons (Fsp3) is 0.526. The average Bonchev–Trinajstić information content (AvgIpc) is 3.33. The van der Waals surface area contributed by atoms with Crippen molar-refractivity contribution in [3.63, 3.8) is 0 Å². The Morgan fingerprint density at radius 1 is 1.19 bits per heavy atom. The molecule has 138 valence electrons. The number of imide groups is 1. The molecule has 3 aliphatic rings. The Morgan fingerprint density at radius 3 is 2.50 bits per heavy atom. The molecule has 3 atom stereocenters. The molecule has 0 radical (unpaired) electrons. The van der Waals surface area contributed by atoms with Crippen molar-refractivity contribution in [1.29, 1.82) is 0 Å². The minimum absolute atomic E-state index is 0.145. The van der Waals surface area contributed by atoms with Gasteiger partial charge in [-0.2, -0.15) is 0 Å². The molecule has 7 heteroatoms. The molecule has 1 unspecified atom stereocenters. The van der Waals surface area contributed by atoms with Crippen LogP contribution in [0, 0.1) is 11.3 Å². The molecule has 2 heterocycles. The SMILES string of the molecule is C[C@@H]1[C@H](c2ccccc2)OC(=O)N1C(=O)C1CN(C(=O)O)CCC12CC2. The molecule has 1 saturated carbocycles. The average molecular weight is 358 g/mol. The van der Waals surface area contributed by atoms with Crippen LogP contribution in [0.4, 0.5) is 9.59 Å². The van der Waals surface area contributed by atoms with Crippen molar-refractivity contribution in [3.8, 4) is 0 Å². The lowest BCUT2D eigenvalue weighted by Crippen LogP contribution is -2.52. The zero-order valence-corrected chi connectivity index (χ0v) is 14.6. The Balaban J connectivity index is 1.57. The van der Waals surface area contributed by atoms with Gasteiger partial charge in [0.15, 0.2) is 0 Å². The fourth-order valence-corrected chi connectivity index (χ4v) is 4.32. The number of rotatable bonds is 2. The molecule has 7 nitrogen and oxygen atoms in total. The molecular formula is C19H22N2O5. The van der Waals surface area contributed by atoms with Crippen LogP contribution in [0.15, 0.2) is 30.3 Å². The van der Waals surface area contributed by atoms with E-state index >= 15 is 0 Å². The van der Waals surface area contributed by atoms with Crippen LogP contribution >= 0.6 is 0 Å². The second-order valence-corrected chi connectivity index (χ2v) is 7.56. The number of hydrogen-bond donors (Lipinski definition) is 1. The summed E-state index contributed by atoms with van der Waals surface area (Å²) in [4.78, 5) is 39.5. The Bertz CT molecular complexity index is 746. The summed E-state index contributed by atoms with van der Waals surface area (Å²) in [6.07, 6.45) is 0.348. The van der Waals surface area contributed by atoms with Gasteiger partial charge in [-0.15, -0.1) is 0 Å². The molecule has 2 saturated heterocycles. The predicted octanol–water partition coefficient (Wildman–Crippen LogP) is 2.88. The number of ether oxygens (including phenoxy) is 1. The number of carboxylic acid groups (broad SMARTS) is 1. The van der Waals surface area contributed by atoms with Crippen molar-refractivity contribution >= 4 is 18.1 Å². The third-order valence-corrected chi connectivity index (χ3v) is 6.12. The number of carbonyl (C=O) groups is 3. The van der Waals surface area contributed by atoms with Gasteiger partial charge < -0.3 is 14.7 Å². The van der Waals surface area contributed by atoms with Gasteiger partial charge in [0.1, 0.15) is 6.10 Å². The Labute approximate surface area is 151 Å². The highest BCUT2D eigenvalue weighted by molar-refractivity contribution is 5.96. The number of likely N-dealkylation sites (tertiary alicyclic amines) is 1. The molecule has 1 aromatic rings. The first-order valence-electron chi connectivity index (χ1n) is 8.99. The van der Waals surface area contributed by atoms with E-state index in [-0.39, 0.29) is 17.9 Å². The van der Waals surface area contributed by atoms with Crippen molar-refractivity contribution in [2.75, 3.05) is 13.1 Å². The summed E-state index contributed by atoms with van der Waals surface area (Å²) >= 11 is 0. The molecule has 1 spiro atoms. The molecular weight excluding hydrogens is 336 g/mol. The number of hydrogen-bond acceptors (Lipinski definition) is 4. The first-order chi connectivity index (χ1) is 12.4. The van der Waals surface area contributed by atoms with Crippen LogP contribution in [-0.2, 0) is 9.53 Å². The summed E-state index contributed by atoms with van der Waals surface area (Å²) in [7, 11) is 0. The van der Waals surface area contributed by atoms with Crippen molar-refractivity contribution in [2.45, 2.75) is 38.3 Å². The van der Waals surface area contributed by atoms with Crippen LogP contribution < -0.4 is 0 Å². The van der Waals surface area contributed by atoms with Gasteiger partial charge in [-0.25, -0.2) is 14.5 Å². The molecule has 0 bridgehead atoms. The monoisotopic (exact) mass is 358 g/mol. The van der Waals surface area contributed by atoms with Crippen molar-refractivity contribution < 1.29 is 24.2 Å². The van der Waals surface area contributed by atoms with E-state index in [2.05, 4.69) is 0 Å². The van der Waals surface area contributed by atoms with E-state index in [9.17, 15) is 19.5 Å². The molecule has 3 amide bonds. The van der Waals surface area contributed by atoms with Crippen LogP contribution in [0.1, 0.15) is 37.9 Å². The molecule has 1 aromatic carbocycles. The van der Waals surface area contributed by atoms with Gasteiger partial charge in [-0.05, 0) is 37.2 Å². The second-order valence-electron chi connectivity index (χ2n) is 7.56. The number of nitrogens with zero attached hydrogens (tertiary/aromatic N) is 2. The molecule has 1 aliphatic carbocycles. The van der Waals surface area contributed by atoms with Gasteiger partial charge in [0.25, 0.3) is 0 Å². The molecule has 1 N–H and O–H groups in total. The lowest BCUT2D eigenvalue weighted by molar-refractivity contribution is -0.137. The van der Waals surface area contributed by atoms with Crippen LogP contribution in [0.5, 0.6) is 0 Å². The van der Waals surface area contributed by atoms with Crippen molar-refractivity contribution in [3.05, 3.63) is 35.9 Å². The zero-order valence-electron chi connectivity index (χ0n) is 14.6. The highest BCUT2D eigenvalue weighted by Gasteiger charge is 2.58. The molecule has 26 heavy (non-hydrogen) atoms. The summed E-state index contributed by atoms with van der Waals surface area (Å²) in [5.41, 5.74) is 0.703. The lowest BCUT2D eigenvalue weighted by atomic mass is 9.81. The van der Waals surface area contributed by atoms with E-state index in [1.54, 1.807) is 6.92 Å². The Morgan fingerprint density at radius 2 is 1.88 bits per heavy atom. The second kappa shape index (κ2) is 6.00. The third-order valence-electron chi connectivity index (χ3n) is 6.12. The summed E-state index contributed by atoms with van der Waals surface area (Å²) in [5, 5.41) is 9.30. The lowest BCUT2D eigenvalue weighted by Gasteiger charge is -2.38. The minimum Gasteiger partial charge on any atom is -0.465 e. The summed E-state index contributed by atoms with van der Waals surface area (Å²) in [6.45, 7) is 2.41. The van der Waals surface area contributed by atoms with E-state index in [1.165, 1.54) is 9.80 Å². The van der Waals surface area contributed by atoms with Gasteiger partial charge in [0.2, 0.25) is 5.91 Å². The maximum atomic E-state index is 13.2. The molecule has 3 fully saturated rings. The maximum Gasteiger partial charge on any atom is 0.417 e. The summed E-state index contributed by atoms with van der Waals surface area (Å²) < 4.78 is 5.48. The number of cyclic esters (lactones) is 1. The van der Waals surface area contributed by atoms with E-state index in [0.29, 0.717) is 13.0 Å². The smallest absolute Gasteiger partial charge is 0.417 e. The summed E-state index contributed by atoms with van der Waals surface area (Å²) in [5.74, 6) is -0.777. The van der Waals surface area contributed by atoms with Gasteiger partial charge in [0, 0.05) is 13.1 Å². The first kappa shape index (κ1) is 16.9. The number of piperidine rings is 1. The van der Waals surface area contributed by atoms with E-state index in [0.717, 1.165) is 18.4 Å². The maximum absolute atomic E-state index is 13.2. The van der Waals surface area contributed by atoms with Crippen molar-refractivity contribution in [1.82, 2.24) is 9.80 Å².